The van der Waals surface area contributed by atoms with Crippen LogP contribution in [-0.2, 0) is 42.2 Å². The van der Waals surface area contributed by atoms with Gasteiger partial charge in [-0.05, 0) is 133 Å². The zero-order valence-electron chi connectivity index (χ0n) is 34.9. The molecule has 15 heteroatoms. The molecule has 0 saturated carbocycles. The number of halogens is 1. The van der Waals surface area contributed by atoms with Gasteiger partial charge in [-0.3, -0.25) is 14.9 Å². The highest BCUT2D eigenvalue weighted by atomic mass is 35.5. The monoisotopic (exact) mass is 826 g/mol. The Kier molecular flexibility index (Phi) is 15.5. The summed E-state index contributed by atoms with van der Waals surface area (Å²) in [5, 5.41) is 7.60. The average Bonchev–Trinajstić information content (AvgIpc) is 3.51. The van der Waals surface area contributed by atoms with Gasteiger partial charge in [0.05, 0.1) is 12.1 Å². The molecule has 2 aromatic carbocycles. The summed E-state index contributed by atoms with van der Waals surface area (Å²) in [5.74, 6) is -1.46. The molecule has 310 valence electrons. The third-order valence-corrected chi connectivity index (χ3v) is 8.68. The van der Waals surface area contributed by atoms with E-state index in [1.54, 1.807) is 85.8 Å². The van der Waals surface area contributed by atoms with E-state index >= 15 is 0 Å². The number of esters is 2. The van der Waals surface area contributed by atoms with Crippen molar-refractivity contribution in [1.82, 2.24) is 10.2 Å². The van der Waals surface area contributed by atoms with Gasteiger partial charge in [0, 0.05) is 22.0 Å². The van der Waals surface area contributed by atoms with Crippen molar-refractivity contribution in [1.29, 1.82) is 0 Å². The van der Waals surface area contributed by atoms with E-state index in [2.05, 4.69) is 47.8 Å². The molecule has 1 heterocycles. The van der Waals surface area contributed by atoms with Gasteiger partial charge in [0.15, 0.2) is 0 Å². The summed E-state index contributed by atoms with van der Waals surface area (Å²) in [5.41, 5.74) is 0.0104. The Balaban J connectivity index is 1.67. The minimum Gasteiger partial charge on any atom is -0.459 e. The molecule has 0 atom stereocenters. The number of hydrogen-bond acceptors (Lipinski definition) is 10. The Morgan fingerprint density at radius 2 is 1.40 bits per heavy atom. The number of nitrogens with one attached hydrogen (secondary N) is 2. The summed E-state index contributed by atoms with van der Waals surface area (Å²) in [7, 11) is 0. The van der Waals surface area contributed by atoms with Crippen molar-refractivity contribution in [3.8, 4) is 5.75 Å². The number of benzene rings is 2. The lowest BCUT2D eigenvalue weighted by molar-refractivity contribution is -0.159. The SMILES string of the molecule is CC(C)(C)OC(=O)CN(Cc1cc(C(C)(C)C)cs1)C(=O)CCc1ccc(OC(=O)c2ccc(N/C(=N\C(=O)OC(C)(C)C)NC(=O)OC(C)(C)C)cc2)cc1Cl. The number of anilines is 1. The number of amides is 3. The minimum atomic E-state index is -0.943. The highest BCUT2D eigenvalue weighted by Gasteiger charge is 2.25. The van der Waals surface area contributed by atoms with Crippen LogP contribution in [0.25, 0.3) is 0 Å². The number of alkyl carbamates (subject to hydrolysis) is 1. The van der Waals surface area contributed by atoms with Crippen LogP contribution in [0, 0.1) is 0 Å². The molecular weight excluding hydrogens is 772 g/mol. The molecule has 0 radical (unpaired) electrons. The quantitative estimate of drug-likeness (QED) is 0.0662. The van der Waals surface area contributed by atoms with E-state index in [-0.39, 0.29) is 54.5 Å². The molecule has 0 saturated heterocycles. The van der Waals surface area contributed by atoms with Gasteiger partial charge in [0.25, 0.3) is 0 Å². The topological polar surface area (TPSA) is 162 Å². The normalized spacial score (nSPS) is 12.3. The first kappa shape index (κ1) is 46.4. The molecule has 0 spiro atoms. The predicted octanol–water partition coefficient (Wildman–Crippen LogP) is 9.45. The molecule has 13 nitrogen and oxygen atoms in total. The highest BCUT2D eigenvalue weighted by Crippen LogP contribution is 2.29. The molecule has 1 aromatic heterocycles. The number of hydrogen-bond donors (Lipinski definition) is 2. The summed E-state index contributed by atoms with van der Waals surface area (Å²) in [6.07, 6.45) is -1.43. The van der Waals surface area contributed by atoms with Gasteiger partial charge in [0.2, 0.25) is 11.9 Å². The number of thiophene rings is 1. The Morgan fingerprint density at radius 1 is 0.789 bits per heavy atom. The molecule has 57 heavy (non-hydrogen) atoms. The standard InChI is InChI=1S/C42H55ClN4O9S/c1-39(2,3)28-21-31(57-25-28)23-47(24-34(49)54-40(4,5)6)33(48)20-16-26-15-19-30(22-32(26)43)53-35(50)27-13-17-29(18-14-27)44-36(45-37(51)55-41(7,8)9)46-38(52)56-42(10,11)12/h13-15,17-19,21-22,25H,16,20,23-24H2,1-12H3,(H2,44,45,46,51,52). The molecule has 3 amide bonds. The number of nitrogens with zero attached hydrogens (tertiary/aromatic N) is 2. The van der Waals surface area contributed by atoms with E-state index in [4.69, 9.17) is 30.5 Å². The van der Waals surface area contributed by atoms with Crippen LogP contribution in [0.5, 0.6) is 5.75 Å². The zero-order valence-corrected chi connectivity index (χ0v) is 36.5. The van der Waals surface area contributed by atoms with Crippen molar-refractivity contribution in [2.24, 2.45) is 4.99 Å². The van der Waals surface area contributed by atoms with Gasteiger partial charge < -0.3 is 29.2 Å². The predicted molar refractivity (Wildman–Crippen MR) is 222 cm³/mol. The number of ether oxygens (including phenoxy) is 4. The van der Waals surface area contributed by atoms with Crippen molar-refractivity contribution in [2.75, 3.05) is 11.9 Å². The highest BCUT2D eigenvalue weighted by molar-refractivity contribution is 7.10. The summed E-state index contributed by atoms with van der Waals surface area (Å²) in [6.45, 7) is 21.9. The van der Waals surface area contributed by atoms with Crippen LogP contribution in [0.1, 0.15) is 116 Å². The molecular formula is C42H55ClN4O9S. The van der Waals surface area contributed by atoms with Crippen LogP contribution in [0.2, 0.25) is 5.02 Å². The Hall–Kier alpha value is -4.95. The maximum atomic E-state index is 13.5. The first-order valence-corrected chi connectivity index (χ1v) is 19.7. The molecule has 2 N–H and O–H groups in total. The molecule has 0 unspecified atom stereocenters. The van der Waals surface area contributed by atoms with Crippen molar-refractivity contribution >= 4 is 64.6 Å². The van der Waals surface area contributed by atoms with Gasteiger partial charge in [-0.15, -0.1) is 16.3 Å². The zero-order chi connectivity index (χ0) is 42.9. The molecule has 0 fully saturated rings. The number of carbonyl (C=O) groups excluding carboxylic acids is 5. The number of carbonyl (C=O) groups is 5. The third-order valence-electron chi connectivity index (χ3n) is 7.40. The van der Waals surface area contributed by atoms with E-state index in [1.165, 1.54) is 35.2 Å². The van der Waals surface area contributed by atoms with Crippen molar-refractivity contribution in [2.45, 2.75) is 125 Å². The van der Waals surface area contributed by atoms with Crippen LogP contribution < -0.4 is 15.4 Å². The average molecular weight is 827 g/mol. The largest absolute Gasteiger partial charge is 0.459 e. The van der Waals surface area contributed by atoms with Gasteiger partial charge in [-0.1, -0.05) is 38.4 Å². The van der Waals surface area contributed by atoms with E-state index < -0.39 is 40.9 Å². The summed E-state index contributed by atoms with van der Waals surface area (Å²) >= 11 is 8.13. The van der Waals surface area contributed by atoms with Gasteiger partial charge in [-0.25, -0.2) is 14.4 Å². The van der Waals surface area contributed by atoms with E-state index in [1.807, 2.05) is 0 Å². The van der Waals surface area contributed by atoms with E-state index in [0.29, 0.717) is 16.3 Å². The second-order valence-electron chi connectivity index (χ2n) is 17.3. The maximum Gasteiger partial charge on any atom is 0.437 e. The van der Waals surface area contributed by atoms with Crippen LogP contribution in [0.15, 0.2) is 58.9 Å². The molecule has 0 bridgehead atoms. The Labute approximate surface area is 344 Å². The molecule has 3 aromatic rings. The molecule has 0 aliphatic carbocycles. The first-order chi connectivity index (χ1) is 26.2. The van der Waals surface area contributed by atoms with Crippen LogP contribution in [0.3, 0.4) is 0 Å². The fourth-order valence-electron chi connectivity index (χ4n) is 4.86. The lowest BCUT2D eigenvalue weighted by atomic mass is 9.89. The minimum absolute atomic E-state index is 0.0522. The lowest BCUT2D eigenvalue weighted by Crippen LogP contribution is -2.40. The molecule has 0 aliphatic rings. The summed E-state index contributed by atoms with van der Waals surface area (Å²) in [6, 6.07) is 12.8. The first-order valence-electron chi connectivity index (χ1n) is 18.4. The van der Waals surface area contributed by atoms with Crippen molar-refractivity contribution in [3.05, 3.63) is 80.5 Å². The molecule has 3 rings (SSSR count). The third kappa shape index (κ3) is 17.0. The van der Waals surface area contributed by atoms with Crippen LogP contribution in [0.4, 0.5) is 15.3 Å². The van der Waals surface area contributed by atoms with Crippen LogP contribution >= 0.6 is 22.9 Å². The Bertz CT molecular complexity index is 1950. The second kappa shape index (κ2) is 19.0. The number of aliphatic imine (C=N–C) groups is 1. The van der Waals surface area contributed by atoms with Crippen molar-refractivity contribution < 1.29 is 42.9 Å². The van der Waals surface area contributed by atoms with Gasteiger partial charge in [-0.2, -0.15) is 0 Å². The number of guanidine groups is 1. The number of rotatable bonds is 10. The Morgan fingerprint density at radius 3 is 1.95 bits per heavy atom. The maximum absolute atomic E-state index is 13.5. The second-order valence-corrected chi connectivity index (χ2v) is 18.7. The summed E-state index contributed by atoms with van der Waals surface area (Å²) in [4.78, 5) is 70.5. The van der Waals surface area contributed by atoms with Gasteiger partial charge in [0.1, 0.15) is 29.1 Å². The van der Waals surface area contributed by atoms with Crippen LogP contribution in [-0.4, -0.2) is 64.2 Å². The van der Waals surface area contributed by atoms with Crippen molar-refractivity contribution in [3.63, 3.8) is 0 Å². The fourth-order valence-corrected chi connectivity index (χ4v) is 6.25. The summed E-state index contributed by atoms with van der Waals surface area (Å²) < 4.78 is 21.6. The van der Waals surface area contributed by atoms with E-state index in [9.17, 15) is 24.0 Å². The number of aryl methyl sites for hydroxylation is 1. The van der Waals surface area contributed by atoms with Gasteiger partial charge >= 0.3 is 24.1 Å². The molecule has 0 aliphatic heterocycles. The smallest absolute Gasteiger partial charge is 0.437 e. The fraction of sp³-hybridized carbons (Fsp3) is 0.476. The lowest BCUT2D eigenvalue weighted by Gasteiger charge is -2.25. The van der Waals surface area contributed by atoms with E-state index in [0.717, 1.165) is 10.4 Å².